The Morgan fingerprint density at radius 1 is 0.872 bits per heavy atom. The van der Waals surface area contributed by atoms with Crippen LogP contribution in [0.3, 0.4) is 0 Å². The number of benzene rings is 2. The summed E-state index contributed by atoms with van der Waals surface area (Å²) in [5.74, 6) is 3.65. The van der Waals surface area contributed by atoms with Crippen molar-refractivity contribution in [3.63, 3.8) is 0 Å². The number of rotatable bonds is 11. The standard InChI is InChI=1S/C31H37N5O3/c1-36-15-11-22(12-16-36)21-39-30-17-23(9-13-32-30)19-34-28-6-4-5-27-26(28)10-14-33-31(27)35-20-24-7-8-25(37-2)18-29(24)38-3/h4-10,13-14,17-18,22,34H,11-12,15-16,19-21H2,1-3H3,(H,33,35). The number of ether oxygens (including phenoxy) is 3. The lowest BCUT2D eigenvalue weighted by atomic mass is 9.98. The van der Waals surface area contributed by atoms with Gasteiger partial charge in [-0.25, -0.2) is 9.97 Å². The summed E-state index contributed by atoms with van der Waals surface area (Å²) in [5.41, 5.74) is 3.20. The van der Waals surface area contributed by atoms with Gasteiger partial charge >= 0.3 is 0 Å². The van der Waals surface area contributed by atoms with Crippen LogP contribution in [0.4, 0.5) is 11.5 Å². The average Bonchev–Trinajstić information content (AvgIpc) is 2.98. The van der Waals surface area contributed by atoms with E-state index in [9.17, 15) is 0 Å². The lowest BCUT2D eigenvalue weighted by Crippen LogP contribution is -2.32. The van der Waals surface area contributed by atoms with Crippen LogP contribution in [0.15, 0.2) is 67.0 Å². The van der Waals surface area contributed by atoms with E-state index in [1.807, 2.05) is 54.9 Å². The van der Waals surface area contributed by atoms with Crippen LogP contribution >= 0.6 is 0 Å². The molecule has 1 aliphatic rings. The maximum Gasteiger partial charge on any atom is 0.213 e. The maximum atomic E-state index is 6.06. The van der Waals surface area contributed by atoms with Gasteiger partial charge in [0.25, 0.3) is 0 Å². The number of piperidine rings is 1. The fourth-order valence-electron chi connectivity index (χ4n) is 4.95. The van der Waals surface area contributed by atoms with Gasteiger partial charge in [0.2, 0.25) is 5.88 Å². The van der Waals surface area contributed by atoms with Gasteiger partial charge in [0.1, 0.15) is 17.3 Å². The molecule has 5 rings (SSSR count). The minimum Gasteiger partial charge on any atom is -0.497 e. The summed E-state index contributed by atoms with van der Waals surface area (Å²) in [6, 6.07) is 18.2. The summed E-state index contributed by atoms with van der Waals surface area (Å²) < 4.78 is 16.9. The van der Waals surface area contributed by atoms with Gasteiger partial charge in [-0.05, 0) is 74.8 Å². The number of nitrogens with zero attached hydrogens (tertiary/aromatic N) is 3. The fourth-order valence-corrected chi connectivity index (χ4v) is 4.95. The van der Waals surface area contributed by atoms with Crippen LogP contribution in [0, 0.1) is 5.92 Å². The van der Waals surface area contributed by atoms with Crippen LogP contribution in [0.5, 0.6) is 17.4 Å². The Balaban J connectivity index is 1.24. The molecule has 1 saturated heterocycles. The molecule has 8 nitrogen and oxygen atoms in total. The van der Waals surface area contributed by atoms with Crippen molar-refractivity contribution in [3.8, 4) is 17.4 Å². The molecule has 0 aliphatic carbocycles. The number of fused-ring (bicyclic) bond motifs is 1. The number of pyridine rings is 2. The second-order valence-electron chi connectivity index (χ2n) is 10.0. The van der Waals surface area contributed by atoms with E-state index >= 15 is 0 Å². The van der Waals surface area contributed by atoms with E-state index in [-0.39, 0.29) is 0 Å². The van der Waals surface area contributed by atoms with E-state index in [1.165, 1.54) is 12.8 Å². The fraction of sp³-hybridized carbons (Fsp3) is 0.355. The van der Waals surface area contributed by atoms with E-state index < -0.39 is 0 Å². The molecule has 0 bridgehead atoms. The molecule has 2 aromatic heterocycles. The molecule has 1 fully saturated rings. The van der Waals surface area contributed by atoms with Crippen molar-refractivity contribution in [2.75, 3.05) is 51.6 Å². The molecular formula is C31H37N5O3. The Hall–Kier alpha value is -4.04. The van der Waals surface area contributed by atoms with E-state index in [2.05, 4.69) is 44.7 Å². The summed E-state index contributed by atoms with van der Waals surface area (Å²) in [5, 5.41) is 9.23. The Labute approximate surface area is 230 Å². The van der Waals surface area contributed by atoms with Crippen molar-refractivity contribution < 1.29 is 14.2 Å². The lowest BCUT2D eigenvalue weighted by molar-refractivity contribution is 0.157. The molecule has 4 aromatic rings. The predicted molar refractivity (Wildman–Crippen MR) is 156 cm³/mol. The zero-order valence-electron chi connectivity index (χ0n) is 22.9. The number of likely N-dealkylation sites (tertiary alicyclic amines) is 1. The molecule has 0 amide bonds. The minimum absolute atomic E-state index is 0.578. The first-order valence-corrected chi connectivity index (χ1v) is 13.5. The smallest absolute Gasteiger partial charge is 0.213 e. The zero-order chi connectivity index (χ0) is 27.0. The second kappa shape index (κ2) is 12.7. The van der Waals surface area contributed by atoms with Crippen molar-refractivity contribution in [3.05, 3.63) is 78.1 Å². The van der Waals surface area contributed by atoms with Crippen molar-refractivity contribution >= 4 is 22.3 Å². The minimum atomic E-state index is 0.578. The average molecular weight is 528 g/mol. The highest BCUT2D eigenvalue weighted by atomic mass is 16.5. The summed E-state index contributed by atoms with van der Waals surface area (Å²) in [7, 11) is 5.50. The normalized spacial score (nSPS) is 14.2. The number of hydrogen-bond donors (Lipinski definition) is 2. The summed E-state index contributed by atoms with van der Waals surface area (Å²) >= 11 is 0. The first-order valence-electron chi connectivity index (χ1n) is 13.5. The first kappa shape index (κ1) is 26.6. The summed E-state index contributed by atoms with van der Waals surface area (Å²) in [4.78, 5) is 11.4. The van der Waals surface area contributed by atoms with Crippen LogP contribution in [-0.4, -0.2) is 55.8 Å². The van der Waals surface area contributed by atoms with Crippen molar-refractivity contribution in [1.82, 2.24) is 14.9 Å². The molecule has 3 heterocycles. The number of hydrogen-bond acceptors (Lipinski definition) is 8. The van der Waals surface area contributed by atoms with Gasteiger partial charge < -0.3 is 29.7 Å². The van der Waals surface area contributed by atoms with Gasteiger partial charge in [-0.3, -0.25) is 0 Å². The van der Waals surface area contributed by atoms with Gasteiger partial charge in [-0.1, -0.05) is 12.1 Å². The van der Waals surface area contributed by atoms with E-state index in [0.717, 1.165) is 64.6 Å². The Morgan fingerprint density at radius 2 is 1.72 bits per heavy atom. The molecule has 0 unspecified atom stereocenters. The highest BCUT2D eigenvalue weighted by molar-refractivity contribution is 5.99. The monoisotopic (exact) mass is 527 g/mol. The summed E-state index contributed by atoms with van der Waals surface area (Å²) in [6.07, 6.45) is 6.02. The number of methoxy groups -OCH3 is 2. The molecule has 0 radical (unpaired) electrons. The molecule has 0 saturated carbocycles. The molecule has 39 heavy (non-hydrogen) atoms. The van der Waals surface area contributed by atoms with Gasteiger partial charge in [-0.15, -0.1) is 0 Å². The SMILES string of the molecule is COc1ccc(CNc2nccc3c(NCc4ccnc(OCC5CCN(C)CC5)c4)cccc23)c(OC)c1. The van der Waals surface area contributed by atoms with Crippen LogP contribution in [0.25, 0.3) is 10.8 Å². The molecule has 204 valence electrons. The largest absolute Gasteiger partial charge is 0.497 e. The van der Waals surface area contributed by atoms with Crippen LogP contribution in [0.2, 0.25) is 0 Å². The van der Waals surface area contributed by atoms with Gasteiger partial charge in [0, 0.05) is 59.6 Å². The maximum absolute atomic E-state index is 6.06. The highest BCUT2D eigenvalue weighted by Gasteiger charge is 2.17. The van der Waals surface area contributed by atoms with Crippen molar-refractivity contribution in [2.45, 2.75) is 25.9 Å². The highest BCUT2D eigenvalue weighted by Crippen LogP contribution is 2.30. The topological polar surface area (TPSA) is 80.8 Å². The molecule has 2 aromatic carbocycles. The van der Waals surface area contributed by atoms with Crippen molar-refractivity contribution in [2.24, 2.45) is 5.92 Å². The van der Waals surface area contributed by atoms with Gasteiger partial charge in [0.05, 0.1) is 20.8 Å². The third kappa shape index (κ3) is 6.70. The molecule has 8 heteroatoms. The Bertz CT molecular complexity index is 1390. The first-order chi connectivity index (χ1) is 19.1. The molecule has 0 atom stereocenters. The third-order valence-electron chi connectivity index (χ3n) is 7.33. The molecule has 0 spiro atoms. The predicted octanol–water partition coefficient (Wildman–Crippen LogP) is 5.59. The molecule has 1 aliphatic heterocycles. The number of anilines is 2. The van der Waals surface area contributed by atoms with Gasteiger partial charge in [0.15, 0.2) is 0 Å². The lowest BCUT2D eigenvalue weighted by Gasteiger charge is -2.28. The Kier molecular flexibility index (Phi) is 8.63. The van der Waals surface area contributed by atoms with E-state index in [4.69, 9.17) is 14.2 Å². The third-order valence-corrected chi connectivity index (χ3v) is 7.33. The quantitative estimate of drug-likeness (QED) is 0.261. The van der Waals surface area contributed by atoms with Crippen LogP contribution in [0.1, 0.15) is 24.0 Å². The van der Waals surface area contributed by atoms with E-state index in [0.29, 0.717) is 24.9 Å². The van der Waals surface area contributed by atoms with Crippen molar-refractivity contribution in [1.29, 1.82) is 0 Å². The summed E-state index contributed by atoms with van der Waals surface area (Å²) in [6.45, 7) is 4.25. The van der Waals surface area contributed by atoms with Crippen LogP contribution in [-0.2, 0) is 13.1 Å². The van der Waals surface area contributed by atoms with Crippen LogP contribution < -0.4 is 24.8 Å². The zero-order valence-corrected chi connectivity index (χ0v) is 22.9. The number of aromatic nitrogens is 2. The second-order valence-corrected chi connectivity index (χ2v) is 10.0. The van der Waals surface area contributed by atoms with E-state index in [1.54, 1.807) is 14.2 Å². The Morgan fingerprint density at radius 3 is 2.54 bits per heavy atom. The number of nitrogens with one attached hydrogen (secondary N) is 2. The van der Waals surface area contributed by atoms with Gasteiger partial charge in [-0.2, -0.15) is 0 Å². The molecule has 2 N–H and O–H groups in total. The molecular weight excluding hydrogens is 490 g/mol.